The van der Waals surface area contributed by atoms with E-state index in [0.29, 0.717) is 17.1 Å². The normalized spacial score (nSPS) is 10.7. The Kier molecular flexibility index (Phi) is 3.39. The maximum atomic E-state index is 12.6. The van der Waals surface area contributed by atoms with E-state index in [1.807, 2.05) is 30.3 Å². The van der Waals surface area contributed by atoms with Gasteiger partial charge in [-0.3, -0.25) is 10.1 Å². The Bertz CT molecular complexity index is 942. The van der Waals surface area contributed by atoms with Crippen molar-refractivity contribution < 1.29 is 9.21 Å². The number of carbonyl (C=O) groups is 1. The Balaban J connectivity index is 1.77. The summed E-state index contributed by atoms with van der Waals surface area (Å²) in [6.07, 6.45) is 2.88. The van der Waals surface area contributed by atoms with E-state index >= 15 is 0 Å². The third kappa shape index (κ3) is 2.56. The highest BCUT2D eigenvalue weighted by Crippen LogP contribution is 2.22. The molecule has 1 amide bonds. The molecule has 3 heterocycles. The first-order chi connectivity index (χ1) is 11.8. The summed E-state index contributed by atoms with van der Waals surface area (Å²) in [7, 11) is 0. The number of para-hydroxylation sites is 1. The molecule has 0 fully saturated rings. The van der Waals surface area contributed by atoms with E-state index in [1.54, 1.807) is 29.1 Å². The summed E-state index contributed by atoms with van der Waals surface area (Å²) in [6, 6.07) is 14.6. The molecule has 1 aromatic carbocycles. The maximum Gasteiger partial charge on any atom is 0.276 e. The lowest BCUT2D eigenvalue weighted by molar-refractivity contribution is 0.101. The van der Waals surface area contributed by atoms with Gasteiger partial charge in [0.2, 0.25) is 5.95 Å². The van der Waals surface area contributed by atoms with Gasteiger partial charge in [0.05, 0.1) is 12.0 Å². The van der Waals surface area contributed by atoms with E-state index in [4.69, 9.17) is 4.42 Å². The summed E-state index contributed by atoms with van der Waals surface area (Å²) in [4.78, 5) is 16.5. The molecule has 0 radical (unpaired) electrons. The predicted octanol–water partition coefficient (Wildman–Crippen LogP) is 2.50. The smallest absolute Gasteiger partial charge is 0.276 e. The number of nitrogens with one attached hydrogen (secondary N) is 2. The molecule has 118 valence electrons. The minimum atomic E-state index is -0.360. The molecular formula is C16H12N6O2. The van der Waals surface area contributed by atoms with E-state index in [-0.39, 0.29) is 11.9 Å². The van der Waals surface area contributed by atoms with Gasteiger partial charge in [-0.2, -0.15) is 15.2 Å². The lowest BCUT2D eigenvalue weighted by atomic mass is 10.2. The van der Waals surface area contributed by atoms with Crippen molar-refractivity contribution in [2.75, 3.05) is 5.32 Å². The maximum absolute atomic E-state index is 12.6. The molecule has 3 aromatic heterocycles. The zero-order valence-electron chi connectivity index (χ0n) is 12.4. The lowest BCUT2D eigenvalue weighted by Crippen LogP contribution is -2.17. The Morgan fingerprint density at radius 1 is 1.17 bits per heavy atom. The zero-order valence-corrected chi connectivity index (χ0v) is 12.4. The first-order valence-electron chi connectivity index (χ1n) is 7.17. The van der Waals surface area contributed by atoms with Crippen molar-refractivity contribution in [2.45, 2.75) is 0 Å². The Labute approximate surface area is 136 Å². The summed E-state index contributed by atoms with van der Waals surface area (Å²) in [5.41, 5.74) is 1.67. The molecule has 8 nitrogen and oxygen atoms in total. The van der Waals surface area contributed by atoms with Crippen LogP contribution >= 0.6 is 0 Å². The third-order valence-corrected chi connectivity index (χ3v) is 3.36. The van der Waals surface area contributed by atoms with E-state index in [2.05, 4.69) is 25.6 Å². The summed E-state index contributed by atoms with van der Waals surface area (Å²) in [5, 5.41) is 13.4. The van der Waals surface area contributed by atoms with Gasteiger partial charge in [-0.1, -0.05) is 18.2 Å². The van der Waals surface area contributed by atoms with Gasteiger partial charge >= 0.3 is 0 Å². The number of benzene rings is 1. The largest absolute Gasteiger partial charge is 0.463 e. The molecule has 8 heteroatoms. The SMILES string of the molecule is O=C(Nc1ncn[nH]1)c1cc(-c2ccco2)nn1-c1ccccc1. The highest BCUT2D eigenvalue weighted by molar-refractivity contribution is 6.03. The van der Waals surface area contributed by atoms with Crippen molar-refractivity contribution in [3.63, 3.8) is 0 Å². The van der Waals surface area contributed by atoms with Crippen LogP contribution in [0.1, 0.15) is 10.5 Å². The van der Waals surface area contributed by atoms with Gasteiger partial charge in [0.1, 0.15) is 17.7 Å². The average molecular weight is 320 g/mol. The van der Waals surface area contributed by atoms with Gasteiger partial charge < -0.3 is 4.42 Å². The topological polar surface area (TPSA) is 102 Å². The Morgan fingerprint density at radius 3 is 2.75 bits per heavy atom. The molecule has 0 unspecified atom stereocenters. The van der Waals surface area contributed by atoms with Crippen molar-refractivity contribution in [1.29, 1.82) is 0 Å². The summed E-state index contributed by atoms with van der Waals surface area (Å²) in [5.74, 6) is 0.486. The molecule has 4 rings (SSSR count). The molecule has 2 N–H and O–H groups in total. The predicted molar refractivity (Wildman–Crippen MR) is 85.6 cm³/mol. The standard InChI is InChI=1S/C16H12N6O2/c23-15(19-16-17-10-18-20-16)13-9-12(14-7-4-8-24-14)21-22(13)11-5-2-1-3-6-11/h1-10H,(H2,17,18,19,20,23). The number of aromatic nitrogens is 5. The Morgan fingerprint density at radius 2 is 2.04 bits per heavy atom. The van der Waals surface area contributed by atoms with Crippen LogP contribution in [0.15, 0.2) is 65.5 Å². The van der Waals surface area contributed by atoms with Crippen LogP contribution in [0.4, 0.5) is 5.95 Å². The van der Waals surface area contributed by atoms with Crippen LogP contribution in [0.25, 0.3) is 17.1 Å². The minimum absolute atomic E-state index is 0.264. The van der Waals surface area contributed by atoms with Gasteiger partial charge in [0, 0.05) is 6.07 Å². The molecule has 0 aliphatic heterocycles. The first kappa shape index (κ1) is 13.9. The monoisotopic (exact) mass is 320 g/mol. The van der Waals surface area contributed by atoms with Crippen molar-refractivity contribution in [3.8, 4) is 17.1 Å². The number of nitrogens with zero attached hydrogens (tertiary/aromatic N) is 4. The van der Waals surface area contributed by atoms with E-state index in [9.17, 15) is 4.79 Å². The fraction of sp³-hybridized carbons (Fsp3) is 0. The second-order valence-corrected chi connectivity index (χ2v) is 4.93. The molecule has 0 bridgehead atoms. The minimum Gasteiger partial charge on any atom is -0.463 e. The van der Waals surface area contributed by atoms with Crippen molar-refractivity contribution in [3.05, 3.63) is 66.8 Å². The average Bonchev–Trinajstić information content (AvgIpc) is 3.36. The zero-order chi connectivity index (χ0) is 16.4. The number of carbonyl (C=O) groups excluding carboxylic acids is 1. The lowest BCUT2D eigenvalue weighted by Gasteiger charge is -2.06. The fourth-order valence-electron chi connectivity index (χ4n) is 2.29. The number of furan rings is 1. The molecule has 0 atom stereocenters. The molecule has 4 aromatic rings. The summed E-state index contributed by atoms with van der Waals surface area (Å²) in [6.45, 7) is 0. The van der Waals surface area contributed by atoms with Crippen LogP contribution in [0, 0.1) is 0 Å². The molecule has 0 saturated heterocycles. The highest BCUT2D eigenvalue weighted by atomic mass is 16.3. The highest BCUT2D eigenvalue weighted by Gasteiger charge is 2.19. The van der Waals surface area contributed by atoms with Gasteiger partial charge in [-0.05, 0) is 24.3 Å². The van der Waals surface area contributed by atoms with E-state index in [1.165, 1.54) is 6.33 Å². The van der Waals surface area contributed by atoms with E-state index < -0.39 is 0 Å². The summed E-state index contributed by atoms with van der Waals surface area (Å²) < 4.78 is 6.93. The number of H-pyrrole nitrogens is 1. The van der Waals surface area contributed by atoms with Crippen LogP contribution in [-0.2, 0) is 0 Å². The van der Waals surface area contributed by atoms with Crippen molar-refractivity contribution >= 4 is 11.9 Å². The second kappa shape index (κ2) is 5.84. The molecule has 0 spiro atoms. The number of hydrogen-bond acceptors (Lipinski definition) is 5. The van der Waals surface area contributed by atoms with E-state index in [0.717, 1.165) is 5.69 Å². The van der Waals surface area contributed by atoms with Crippen molar-refractivity contribution in [1.82, 2.24) is 25.0 Å². The van der Waals surface area contributed by atoms with Gasteiger partial charge in [0.25, 0.3) is 5.91 Å². The van der Waals surface area contributed by atoms with Crippen molar-refractivity contribution in [2.24, 2.45) is 0 Å². The van der Waals surface area contributed by atoms with Crippen LogP contribution in [0.3, 0.4) is 0 Å². The van der Waals surface area contributed by atoms with Crippen LogP contribution in [0.5, 0.6) is 0 Å². The van der Waals surface area contributed by atoms with Gasteiger partial charge in [0.15, 0.2) is 5.76 Å². The third-order valence-electron chi connectivity index (χ3n) is 3.36. The molecule has 24 heavy (non-hydrogen) atoms. The number of aromatic amines is 1. The molecule has 0 saturated carbocycles. The van der Waals surface area contributed by atoms with Crippen LogP contribution in [0.2, 0.25) is 0 Å². The van der Waals surface area contributed by atoms with Crippen LogP contribution < -0.4 is 5.32 Å². The second-order valence-electron chi connectivity index (χ2n) is 4.93. The quantitative estimate of drug-likeness (QED) is 0.601. The summed E-state index contributed by atoms with van der Waals surface area (Å²) >= 11 is 0. The van der Waals surface area contributed by atoms with Gasteiger partial charge in [-0.15, -0.1) is 0 Å². The number of anilines is 1. The number of amides is 1. The molecule has 0 aliphatic carbocycles. The van der Waals surface area contributed by atoms with Gasteiger partial charge in [-0.25, -0.2) is 9.78 Å². The molecule has 0 aliphatic rings. The number of hydrogen-bond donors (Lipinski definition) is 2. The Hall–Kier alpha value is -3.68. The first-order valence-corrected chi connectivity index (χ1v) is 7.17. The fourth-order valence-corrected chi connectivity index (χ4v) is 2.29. The number of rotatable bonds is 4. The molecular weight excluding hydrogens is 308 g/mol. The van der Waals surface area contributed by atoms with Crippen LogP contribution in [-0.4, -0.2) is 30.9 Å².